The molecule has 2 atom stereocenters. The molecule has 0 bridgehead atoms. The molecule has 2 heterocycles. The largest absolute Gasteiger partial charge is 0.481 e. The van der Waals surface area contributed by atoms with Gasteiger partial charge in [-0.25, -0.2) is 0 Å². The van der Waals surface area contributed by atoms with Crippen LogP contribution in [0.5, 0.6) is 0 Å². The lowest BCUT2D eigenvalue weighted by Crippen LogP contribution is -2.45. The molecule has 1 saturated heterocycles. The first-order valence-electron chi connectivity index (χ1n) is 7.91. The Labute approximate surface area is 131 Å². The second kappa shape index (κ2) is 6.50. The highest BCUT2D eigenvalue weighted by Crippen LogP contribution is 2.25. The van der Waals surface area contributed by atoms with Gasteiger partial charge in [-0.3, -0.25) is 14.3 Å². The fourth-order valence-corrected chi connectivity index (χ4v) is 3.29. The Morgan fingerprint density at radius 3 is 2.59 bits per heavy atom. The van der Waals surface area contributed by atoms with Crippen LogP contribution in [0.3, 0.4) is 0 Å². The van der Waals surface area contributed by atoms with Crippen LogP contribution in [0.15, 0.2) is 0 Å². The topological polar surface area (TPSA) is 75.4 Å². The Balaban J connectivity index is 2.25. The van der Waals surface area contributed by atoms with E-state index in [9.17, 15) is 14.7 Å². The lowest BCUT2D eigenvalue weighted by Gasteiger charge is -2.34. The number of likely N-dealkylation sites (tertiary alicyclic amines) is 1. The molecule has 6 nitrogen and oxygen atoms in total. The number of carbonyl (C=O) groups excluding carboxylic acids is 1. The number of carboxylic acid groups (broad SMARTS) is 1. The Morgan fingerprint density at radius 2 is 2.00 bits per heavy atom. The molecular formula is C16H25N3O3. The standard InChI is InChI=1S/C16H25N3O3/c1-5-6-19-12(4)14(11(3)17-19)15(20)18-8-10(2)7-13(9-18)16(21)22/h10,13H,5-9H2,1-4H3,(H,21,22). The molecule has 1 aromatic heterocycles. The summed E-state index contributed by atoms with van der Waals surface area (Å²) < 4.78 is 1.87. The van der Waals surface area contributed by atoms with Gasteiger partial charge in [0.05, 0.1) is 17.2 Å². The number of carboxylic acids is 1. The lowest BCUT2D eigenvalue weighted by molar-refractivity contribution is -0.143. The summed E-state index contributed by atoms with van der Waals surface area (Å²) in [7, 11) is 0. The normalized spacial score (nSPS) is 21.9. The van der Waals surface area contributed by atoms with Gasteiger partial charge in [0, 0.05) is 25.3 Å². The summed E-state index contributed by atoms with van der Waals surface area (Å²) in [5, 5.41) is 13.7. The molecule has 1 aliphatic rings. The zero-order valence-corrected chi connectivity index (χ0v) is 13.8. The molecular weight excluding hydrogens is 282 g/mol. The average Bonchev–Trinajstić information content (AvgIpc) is 2.72. The molecule has 0 saturated carbocycles. The Bertz CT molecular complexity index is 579. The summed E-state index contributed by atoms with van der Waals surface area (Å²) in [4.78, 5) is 25.8. The molecule has 1 aromatic rings. The summed E-state index contributed by atoms with van der Waals surface area (Å²) in [6, 6.07) is 0. The molecule has 0 aromatic carbocycles. The minimum atomic E-state index is -0.820. The van der Waals surface area contributed by atoms with Gasteiger partial charge in [0.15, 0.2) is 0 Å². The van der Waals surface area contributed by atoms with Gasteiger partial charge in [0.1, 0.15) is 0 Å². The number of aryl methyl sites for hydroxylation is 2. The summed E-state index contributed by atoms with van der Waals surface area (Å²) >= 11 is 0. The molecule has 22 heavy (non-hydrogen) atoms. The van der Waals surface area contributed by atoms with Crippen LogP contribution in [-0.4, -0.2) is 44.8 Å². The Morgan fingerprint density at radius 1 is 1.32 bits per heavy atom. The van der Waals surface area contributed by atoms with E-state index in [4.69, 9.17) is 0 Å². The number of rotatable bonds is 4. The molecule has 2 unspecified atom stereocenters. The van der Waals surface area contributed by atoms with E-state index in [1.165, 1.54) is 0 Å². The minimum absolute atomic E-state index is 0.0878. The van der Waals surface area contributed by atoms with Gasteiger partial charge < -0.3 is 10.0 Å². The molecule has 1 amide bonds. The van der Waals surface area contributed by atoms with Crippen LogP contribution in [0.25, 0.3) is 0 Å². The van der Waals surface area contributed by atoms with Crippen molar-refractivity contribution in [3.63, 3.8) is 0 Å². The van der Waals surface area contributed by atoms with Gasteiger partial charge >= 0.3 is 5.97 Å². The third-order valence-corrected chi connectivity index (χ3v) is 4.33. The molecule has 122 valence electrons. The van der Waals surface area contributed by atoms with Crippen molar-refractivity contribution in [2.75, 3.05) is 13.1 Å². The van der Waals surface area contributed by atoms with Crippen molar-refractivity contribution in [3.05, 3.63) is 17.0 Å². The van der Waals surface area contributed by atoms with Crippen LogP contribution in [0.4, 0.5) is 0 Å². The molecule has 0 spiro atoms. The van der Waals surface area contributed by atoms with E-state index in [0.29, 0.717) is 18.5 Å². The van der Waals surface area contributed by atoms with E-state index >= 15 is 0 Å². The van der Waals surface area contributed by atoms with E-state index in [2.05, 4.69) is 12.0 Å². The number of carbonyl (C=O) groups is 2. The van der Waals surface area contributed by atoms with E-state index < -0.39 is 11.9 Å². The Kier molecular flexibility index (Phi) is 4.88. The van der Waals surface area contributed by atoms with Crippen molar-refractivity contribution in [2.24, 2.45) is 11.8 Å². The van der Waals surface area contributed by atoms with E-state index in [1.54, 1.807) is 4.90 Å². The monoisotopic (exact) mass is 307 g/mol. The van der Waals surface area contributed by atoms with Crippen molar-refractivity contribution < 1.29 is 14.7 Å². The average molecular weight is 307 g/mol. The highest BCUT2D eigenvalue weighted by atomic mass is 16.4. The van der Waals surface area contributed by atoms with Gasteiger partial charge in [-0.1, -0.05) is 13.8 Å². The fraction of sp³-hybridized carbons (Fsp3) is 0.688. The smallest absolute Gasteiger partial charge is 0.308 e. The predicted molar refractivity (Wildman–Crippen MR) is 82.8 cm³/mol. The summed E-state index contributed by atoms with van der Waals surface area (Å²) in [5.74, 6) is -1.18. The highest BCUT2D eigenvalue weighted by Gasteiger charge is 2.34. The van der Waals surface area contributed by atoms with Crippen LogP contribution in [-0.2, 0) is 11.3 Å². The first kappa shape index (κ1) is 16.5. The fourth-order valence-electron chi connectivity index (χ4n) is 3.29. The number of piperidine rings is 1. The lowest BCUT2D eigenvalue weighted by atomic mass is 9.90. The van der Waals surface area contributed by atoms with Crippen molar-refractivity contribution in [1.82, 2.24) is 14.7 Å². The zero-order valence-electron chi connectivity index (χ0n) is 13.8. The Hall–Kier alpha value is -1.85. The summed E-state index contributed by atoms with van der Waals surface area (Å²) in [6.45, 7) is 9.50. The number of hydrogen-bond acceptors (Lipinski definition) is 3. The maximum atomic E-state index is 12.9. The van der Waals surface area contributed by atoms with Crippen LogP contribution in [0.2, 0.25) is 0 Å². The van der Waals surface area contributed by atoms with Crippen LogP contribution >= 0.6 is 0 Å². The second-order valence-corrected chi connectivity index (χ2v) is 6.36. The second-order valence-electron chi connectivity index (χ2n) is 6.36. The van der Waals surface area contributed by atoms with Crippen molar-refractivity contribution >= 4 is 11.9 Å². The molecule has 1 aliphatic heterocycles. The molecule has 6 heteroatoms. The van der Waals surface area contributed by atoms with Gasteiger partial charge in [0.2, 0.25) is 0 Å². The van der Waals surface area contributed by atoms with Gasteiger partial charge in [-0.2, -0.15) is 5.10 Å². The first-order chi connectivity index (χ1) is 10.3. The van der Waals surface area contributed by atoms with Crippen LogP contribution < -0.4 is 0 Å². The molecule has 1 fully saturated rings. The quantitative estimate of drug-likeness (QED) is 0.924. The third-order valence-electron chi connectivity index (χ3n) is 4.33. The molecule has 0 radical (unpaired) electrons. The first-order valence-corrected chi connectivity index (χ1v) is 7.91. The van der Waals surface area contributed by atoms with Crippen molar-refractivity contribution in [3.8, 4) is 0 Å². The van der Waals surface area contributed by atoms with E-state index in [-0.39, 0.29) is 18.4 Å². The number of aromatic nitrogens is 2. The van der Waals surface area contributed by atoms with E-state index in [0.717, 1.165) is 24.4 Å². The molecule has 0 aliphatic carbocycles. The maximum absolute atomic E-state index is 12.9. The summed E-state index contributed by atoms with van der Waals surface area (Å²) in [5.41, 5.74) is 2.22. The summed E-state index contributed by atoms with van der Waals surface area (Å²) in [6.07, 6.45) is 1.59. The number of amides is 1. The molecule has 2 rings (SSSR count). The third kappa shape index (κ3) is 3.15. The van der Waals surface area contributed by atoms with Gasteiger partial charge in [-0.05, 0) is 32.6 Å². The molecule has 1 N–H and O–H groups in total. The number of hydrogen-bond donors (Lipinski definition) is 1. The number of nitrogens with zero attached hydrogens (tertiary/aromatic N) is 3. The predicted octanol–water partition coefficient (Wildman–Crippen LogP) is 2.09. The van der Waals surface area contributed by atoms with Crippen LogP contribution in [0.1, 0.15) is 48.4 Å². The van der Waals surface area contributed by atoms with Gasteiger partial charge in [0.25, 0.3) is 5.91 Å². The van der Waals surface area contributed by atoms with E-state index in [1.807, 2.05) is 25.5 Å². The van der Waals surface area contributed by atoms with Crippen molar-refractivity contribution in [1.29, 1.82) is 0 Å². The SMILES string of the molecule is CCCn1nc(C)c(C(=O)N2CC(C)CC(C(=O)O)C2)c1C. The zero-order chi connectivity index (χ0) is 16.4. The van der Waals surface area contributed by atoms with Crippen molar-refractivity contribution in [2.45, 2.75) is 47.1 Å². The number of aliphatic carboxylic acids is 1. The minimum Gasteiger partial charge on any atom is -0.481 e. The maximum Gasteiger partial charge on any atom is 0.308 e. The highest BCUT2D eigenvalue weighted by molar-refractivity contribution is 5.96. The van der Waals surface area contributed by atoms with Gasteiger partial charge in [-0.15, -0.1) is 0 Å². The van der Waals surface area contributed by atoms with Crippen LogP contribution in [0, 0.1) is 25.7 Å².